The van der Waals surface area contributed by atoms with E-state index >= 15 is 0 Å². The fourth-order valence-corrected chi connectivity index (χ4v) is 4.03. The molecule has 1 fully saturated rings. The number of carbonyl (C=O) groups is 1. The van der Waals surface area contributed by atoms with Gasteiger partial charge in [0.25, 0.3) is 5.91 Å². The predicted octanol–water partition coefficient (Wildman–Crippen LogP) is 4.40. The Hall–Kier alpha value is -2.24. The van der Waals surface area contributed by atoms with E-state index in [4.69, 9.17) is 0 Å². The highest BCUT2D eigenvalue weighted by Crippen LogP contribution is 2.15. The van der Waals surface area contributed by atoms with Crippen molar-refractivity contribution >= 4 is 5.91 Å². The van der Waals surface area contributed by atoms with Gasteiger partial charge in [0.15, 0.2) is 0 Å². The van der Waals surface area contributed by atoms with Crippen LogP contribution in [0.15, 0.2) is 48.5 Å². The lowest BCUT2D eigenvalue weighted by molar-refractivity contribution is 0.0761. The minimum Gasteiger partial charge on any atom is -0.337 e. The fraction of sp³-hybridized carbons (Fsp3) is 0.480. The van der Waals surface area contributed by atoms with E-state index < -0.39 is 0 Å². The highest BCUT2D eigenvalue weighted by molar-refractivity contribution is 5.94. The molecule has 0 N–H and O–H groups in total. The van der Waals surface area contributed by atoms with Crippen molar-refractivity contribution in [3.8, 4) is 0 Å². The topological polar surface area (TPSA) is 26.8 Å². The fourth-order valence-electron chi connectivity index (χ4n) is 4.03. The third-order valence-electron chi connectivity index (χ3n) is 5.95. The first kappa shape index (κ1) is 22.4. The van der Waals surface area contributed by atoms with Crippen molar-refractivity contribution in [2.24, 2.45) is 0 Å². The van der Waals surface area contributed by atoms with Crippen LogP contribution in [-0.4, -0.2) is 59.4 Å². The van der Waals surface area contributed by atoms with Crippen LogP contribution < -0.4 is 0 Å². The van der Waals surface area contributed by atoms with Crippen LogP contribution in [0, 0.1) is 5.82 Å². The lowest BCUT2D eigenvalue weighted by Gasteiger charge is -2.25. The van der Waals surface area contributed by atoms with E-state index in [2.05, 4.69) is 42.7 Å². The maximum atomic E-state index is 14.0. The molecule has 1 aliphatic rings. The van der Waals surface area contributed by atoms with Crippen molar-refractivity contribution in [2.45, 2.75) is 46.3 Å². The van der Waals surface area contributed by atoms with Crippen molar-refractivity contribution in [2.75, 3.05) is 32.7 Å². The molecule has 2 aromatic carbocycles. The number of hydrogen-bond donors (Lipinski definition) is 0. The van der Waals surface area contributed by atoms with Gasteiger partial charge < -0.3 is 4.90 Å². The molecule has 0 radical (unpaired) electrons. The predicted molar refractivity (Wildman–Crippen MR) is 120 cm³/mol. The number of benzene rings is 2. The summed E-state index contributed by atoms with van der Waals surface area (Å²) in [4.78, 5) is 19.6. The van der Waals surface area contributed by atoms with Crippen LogP contribution in [0.5, 0.6) is 0 Å². The second-order valence-corrected chi connectivity index (χ2v) is 8.37. The molecule has 0 saturated carbocycles. The minimum absolute atomic E-state index is 0.0884. The monoisotopic (exact) mass is 411 g/mol. The van der Waals surface area contributed by atoms with Crippen molar-refractivity contribution < 1.29 is 9.18 Å². The number of hydrogen-bond acceptors (Lipinski definition) is 3. The summed E-state index contributed by atoms with van der Waals surface area (Å²) in [6, 6.07) is 15.5. The molecule has 4 nitrogen and oxygen atoms in total. The molecule has 1 heterocycles. The molecular weight excluding hydrogens is 377 g/mol. The van der Waals surface area contributed by atoms with Crippen molar-refractivity contribution in [1.82, 2.24) is 14.7 Å². The van der Waals surface area contributed by atoms with Crippen LogP contribution in [0.1, 0.15) is 48.7 Å². The smallest absolute Gasteiger partial charge is 0.253 e. The van der Waals surface area contributed by atoms with Crippen molar-refractivity contribution in [3.05, 3.63) is 71.0 Å². The van der Waals surface area contributed by atoms with E-state index in [1.54, 1.807) is 6.07 Å². The Bertz CT molecular complexity index is 821. The lowest BCUT2D eigenvalue weighted by Crippen LogP contribution is -2.35. The normalized spacial score (nSPS) is 15.6. The molecule has 162 valence electrons. The molecule has 30 heavy (non-hydrogen) atoms. The Morgan fingerprint density at radius 2 is 1.77 bits per heavy atom. The van der Waals surface area contributed by atoms with Gasteiger partial charge in [-0.1, -0.05) is 37.3 Å². The lowest BCUT2D eigenvalue weighted by atomic mass is 10.1. The first-order valence-corrected chi connectivity index (χ1v) is 11.1. The zero-order chi connectivity index (χ0) is 21.5. The Kier molecular flexibility index (Phi) is 8.00. The molecular formula is C25H34FN3O. The molecule has 0 atom stereocenters. The SMILES string of the molecule is CCN(Cc1ccc(C(=O)N2CCCN(Cc3ccccc3F)CC2)cc1)C(C)C. The standard InChI is InChI=1S/C25H34FN3O/c1-4-28(20(2)3)18-21-10-12-22(13-11-21)25(30)29-15-7-14-27(16-17-29)19-23-8-5-6-9-24(23)26/h5-6,8-13,20H,4,7,14-19H2,1-3H3. The van der Waals surface area contributed by atoms with E-state index in [1.165, 1.54) is 11.6 Å². The zero-order valence-electron chi connectivity index (χ0n) is 18.5. The highest BCUT2D eigenvalue weighted by atomic mass is 19.1. The van der Waals surface area contributed by atoms with Crippen LogP contribution in [0.2, 0.25) is 0 Å². The molecule has 1 aliphatic heterocycles. The average Bonchev–Trinajstić information content (AvgIpc) is 2.99. The minimum atomic E-state index is -0.158. The van der Waals surface area contributed by atoms with Gasteiger partial charge in [-0.05, 0) is 50.6 Å². The van der Waals surface area contributed by atoms with Gasteiger partial charge in [0.1, 0.15) is 5.82 Å². The van der Waals surface area contributed by atoms with E-state index in [0.717, 1.165) is 50.3 Å². The van der Waals surface area contributed by atoms with E-state index in [1.807, 2.05) is 29.2 Å². The molecule has 0 aliphatic carbocycles. The van der Waals surface area contributed by atoms with Crippen LogP contribution >= 0.6 is 0 Å². The molecule has 0 bridgehead atoms. The summed E-state index contributed by atoms with van der Waals surface area (Å²) >= 11 is 0. The number of nitrogens with zero attached hydrogens (tertiary/aromatic N) is 3. The van der Waals surface area contributed by atoms with Gasteiger partial charge in [0.05, 0.1) is 0 Å². The average molecular weight is 412 g/mol. The molecule has 2 aromatic rings. The van der Waals surface area contributed by atoms with E-state index in [9.17, 15) is 9.18 Å². The Balaban J connectivity index is 1.57. The third kappa shape index (κ3) is 5.89. The van der Waals surface area contributed by atoms with E-state index in [0.29, 0.717) is 19.1 Å². The Morgan fingerprint density at radius 1 is 1.03 bits per heavy atom. The molecule has 0 unspecified atom stereocenters. The summed E-state index contributed by atoms with van der Waals surface area (Å²) in [6.07, 6.45) is 0.901. The van der Waals surface area contributed by atoms with Gasteiger partial charge in [-0.25, -0.2) is 4.39 Å². The first-order valence-electron chi connectivity index (χ1n) is 11.1. The van der Waals surface area contributed by atoms with Gasteiger partial charge in [-0.15, -0.1) is 0 Å². The van der Waals surface area contributed by atoms with Crippen LogP contribution in [0.3, 0.4) is 0 Å². The number of halogens is 1. The summed E-state index contributed by atoms with van der Waals surface area (Å²) in [7, 11) is 0. The van der Waals surface area contributed by atoms with Crippen LogP contribution in [-0.2, 0) is 13.1 Å². The Morgan fingerprint density at radius 3 is 2.43 bits per heavy atom. The second-order valence-electron chi connectivity index (χ2n) is 8.37. The molecule has 1 amide bonds. The molecule has 0 aromatic heterocycles. The summed E-state index contributed by atoms with van der Waals surface area (Å²) in [5, 5.41) is 0. The first-order chi connectivity index (χ1) is 14.5. The molecule has 0 spiro atoms. The molecule has 1 saturated heterocycles. The number of rotatable bonds is 7. The summed E-state index contributed by atoms with van der Waals surface area (Å²) in [5.74, 6) is -0.0700. The zero-order valence-corrected chi connectivity index (χ0v) is 18.5. The summed E-state index contributed by atoms with van der Waals surface area (Å²) in [5.41, 5.74) is 2.69. The maximum absolute atomic E-state index is 14.0. The number of amides is 1. The quantitative estimate of drug-likeness (QED) is 0.675. The molecule has 5 heteroatoms. The largest absolute Gasteiger partial charge is 0.337 e. The van der Waals surface area contributed by atoms with E-state index in [-0.39, 0.29) is 11.7 Å². The van der Waals surface area contributed by atoms with Gasteiger partial charge in [-0.3, -0.25) is 14.6 Å². The van der Waals surface area contributed by atoms with Crippen molar-refractivity contribution in [3.63, 3.8) is 0 Å². The van der Waals surface area contributed by atoms with Crippen molar-refractivity contribution in [1.29, 1.82) is 0 Å². The highest BCUT2D eigenvalue weighted by Gasteiger charge is 2.21. The van der Waals surface area contributed by atoms with Crippen LogP contribution in [0.4, 0.5) is 4.39 Å². The maximum Gasteiger partial charge on any atom is 0.253 e. The van der Waals surface area contributed by atoms with Gasteiger partial charge >= 0.3 is 0 Å². The summed E-state index contributed by atoms with van der Waals surface area (Å²) in [6.45, 7) is 12.1. The number of carbonyl (C=O) groups excluding carboxylic acids is 1. The molecule has 3 rings (SSSR count). The van der Waals surface area contributed by atoms with Gasteiger partial charge in [0, 0.05) is 56.4 Å². The Labute approximate surface area is 180 Å². The van der Waals surface area contributed by atoms with Gasteiger partial charge in [0.2, 0.25) is 0 Å². The second kappa shape index (κ2) is 10.7. The van der Waals surface area contributed by atoms with Crippen LogP contribution in [0.25, 0.3) is 0 Å². The van der Waals surface area contributed by atoms with Gasteiger partial charge in [-0.2, -0.15) is 0 Å². The summed E-state index contributed by atoms with van der Waals surface area (Å²) < 4.78 is 14.0. The third-order valence-corrected chi connectivity index (χ3v) is 5.95.